The monoisotopic (exact) mass is 252 g/mol. The van der Waals surface area contributed by atoms with Gasteiger partial charge in [0.2, 0.25) is 0 Å². The molecule has 0 saturated carbocycles. The molecule has 0 aliphatic heterocycles. The third kappa shape index (κ3) is 3.56. The first-order valence-electron chi connectivity index (χ1n) is 5.25. The summed E-state index contributed by atoms with van der Waals surface area (Å²) in [5.41, 5.74) is 5.87. The fourth-order valence-electron chi connectivity index (χ4n) is 1.18. The van der Waals surface area contributed by atoms with Crippen LogP contribution in [0, 0.1) is 11.8 Å². The molecular formula is C12H16N2O2S. The molecule has 1 unspecified atom stereocenters. The zero-order chi connectivity index (χ0) is 12.8. The van der Waals surface area contributed by atoms with Crippen LogP contribution in [0.5, 0.6) is 0 Å². The quantitative estimate of drug-likeness (QED) is 0.770. The molecule has 0 fully saturated rings. The lowest BCUT2D eigenvalue weighted by Gasteiger charge is -2.22. The van der Waals surface area contributed by atoms with E-state index < -0.39 is 0 Å². The van der Waals surface area contributed by atoms with Crippen molar-refractivity contribution in [2.75, 3.05) is 20.2 Å². The van der Waals surface area contributed by atoms with E-state index in [1.165, 1.54) is 16.2 Å². The maximum atomic E-state index is 12.0. The molecule has 1 rings (SSSR count). The fourth-order valence-corrected chi connectivity index (χ4v) is 1.93. The number of aliphatic hydroxyl groups is 1. The van der Waals surface area contributed by atoms with Crippen LogP contribution in [-0.2, 0) is 0 Å². The van der Waals surface area contributed by atoms with Gasteiger partial charge in [0, 0.05) is 12.4 Å². The van der Waals surface area contributed by atoms with Crippen molar-refractivity contribution in [1.82, 2.24) is 4.90 Å². The molecule has 3 N–H and O–H groups in total. The van der Waals surface area contributed by atoms with E-state index in [4.69, 9.17) is 10.8 Å². The van der Waals surface area contributed by atoms with Gasteiger partial charge < -0.3 is 15.7 Å². The number of aliphatic hydroxyl groups excluding tert-OH is 1. The van der Waals surface area contributed by atoms with Crippen molar-refractivity contribution in [1.29, 1.82) is 0 Å². The van der Waals surface area contributed by atoms with E-state index in [1.54, 1.807) is 25.4 Å². The van der Waals surface area contributed by atoms with Gasteiger partial charge in [-0.05, 0) is 13.0 Å². The van der Waals surface area contributed by atoms with Gasteiger partial charge in [0.1, 0.15) is 0 Å². The zero-order valence-electron chi connectivity index (χ0n) is 9.93. The van der Waals surface area contributed by atoms with Gasteiger partial charge in [-0.15, -0.1) is 11.3 Å². The van der Waals surface area contributed by atoms with Gasteiger partial charge in [-0.1, -0.05) is 11.8 Å². The normalized spacial score (nSPS) is 11.5. The van der Waals surface area contributed by atoms with E-state index in [1.807, 2.05) is 0 Å². The lowest BCUT2D eigenvalue weighted by molar-refractivity contribution is 0.0682. The number of carbonyl (C=O) groups excluding carboxylic acids is 1. The number of nitrogens with two attached hydrogens (primary N) is 1. The first-order valence-corrected chi connectivity index (χ1v) is 6.13. The molecule has 1 amide bonds. The molecule has 1 heterocycles. The molecule has 17 heavy (non-hydrogen) atoms. The first kappa shape index (κ1) is 13.7. The molecule has 5 heteroatoms. The largest absolute Gasteiger partial charge is 0.394 e. The Morgan fingerprint density at radius 3 is 3.00 bits per heavy atom. The maximum absolute atomic E-state index is 12.0. The Bertz CT molecular complexity index is 445. The van der Waals surface area contributed by atoms with Crippen molar-refractivity contribution >= 4 is 17.2 Å². The number of rotatable bonds is 3. The SMILES string of the molecule is CC(CO)N(C)C(=O)c1csc(C#CCN)c1. The van der Waals surface area contributed by atoms with Crippen LogP contribution >= 0.6 is 11.3 Å². The molecule has 0 aromatic carbocycles. The predicted molar refractivity (Wildman–Crippen MR) is 68.9 cm³/mol. The number of thiophene rings is 1. The van der Waals surface area contributed by atoms with Gasteiger partial charge >= 0.3 is 0 Å². The van der Waals surface area contributed by atoms with Gasteiger partial charge in [0.15, 0.2) is 0 Å². The smallest absolute Gasteiger partial charge is 0.254 e. The molecule has 0 aliphatic rings. The fraction of sp³-hybridized carbons (Fsp3) is 0.417. The summed E-state index contributed by atoms with van der Waals surface area (Å²) in [6.45, 7) is 2.05. The minimum Gasteiger partial charge on any atom is -0.394 e. The Morgan fingerprint density at radius 1 is 1.71 bits per heavy atom. The summed E-state index contributed by atoms with van der Waals surface area (Å²) in [6, 6.07) is 1.55. The van der Waals surface area contributed by atoms with Gasteiger partial charge in [0.05, 0.1) is 29.6 Å². The second-order valence-electron chi connectivity index (χ2n) is 3.65. The zero-order valence-corrected chi connectivity index (χ0v) is 10.8. The Labute approximate surface area is 105 Å². The highest BCUT2D eigenvalue weighted by Crippen LogP contribution is 2.15. The van der Waals surface area contributed by atoms with Gasteiger partial charge in [0.25, 0.3) is 5.91 Å². The number of hydrogen-bond donors (Lipinski definition) is 2. The molecule has 1 aromatic rings. The summed E-state index contributed by atoms with van der Waals surface area (Å²) in [6.07, 6.45) is 0. The van der Waals surface area contributed by atoms with Crippen LogP contribution < -0.4 is 5.73 Å². The van der Waals surface area contributed by atoms with E-state index in [0.717, 1.165) is 4.88 Å². The molecule has 1 atom stereocenters. The maximum Gasteiger partial charge on any atom is 0.254 e. The van der Waals surface area contributed by atoms with Gasteiger partial charge in [-0.2, -0.15) is 0 Å². The van der Waals surface area contributed by atoms with Crippen LogP contribution in [0.15, 0.2) is 11.4 Å². The lowest BCUT2D eigenvalue weighted by Crippen LogP contribution is -2.37. The van der Waals surface area contributed by atoms with Crippen LogP contribution in [0.3, 0.4) is 0 Å². The van der Waals surface area contributed by atoms with Gasteiger partial charge in [-0.25, -0.2) is 0 Å². The number of amides is 1. The van der Waals surface area contributed by atoms with Crippen LogP contribution in [0.4, 0.5) is 0 Å². The van der Waals surface area contributed by atoms with E-state index in [9.17, 15) is 4.79 Å². The standard InChI is InChI=1S/C12H16N2O2S/c1-9(7-15)14(2)12(16)10-6-11(17-8-10)4-3-5-13/h6,8-9,15H,5,7,13H2,1-2H3. The molecule has 92 valence electrons. The van der Waals surface area contributed by atoms with E-state index in [-0.39, 0.29) is 18.6 Å². The minimum absolute atomic E-state index is 0.0494. The molecule has 1 aromatic heterocycles. The second kappa shape index (κ2) is 6.40. The van der Waals surface area contributed by atoms with Crippen molar-refractivity contribution in [3.63, 3.8) is 0 Å². The second-order valence-corrected chi connectivity index (χ2v) is 4.56. The minimum atomic E-state index is -0.194. The van der Waals surface area contributed by atoms with Gasteiger partial charge in [-0.3, -0.25) is 4.79 Å². The number of nitrogens with zero attached hydrogens (tertiary/aromatic N) is 1. The number of carbonyl (C=O) groups is 1. The predicted octanol–water partition coefficient (Wildman–Crippen LogP) is 0.511. The van der Waals surface area contributed by atoms with Crippen LogP contribution in [0.2, 0.25) is 0 Å². The Balaban J connectivity index is 2.79. The Hall–Kier alpha value is -1.35. The topological polar surface area (TPSA) is 66.6 Å². The third-order valence-corrected chi connectivity index (χ3v) is 3.25. The Kier molecular flexibility index (Phi) is 5.16. The molecule has 0 saturated heterocycles. The summed E-state index contributed by atoms with van der Waals surface area (Å²) < 4.78 is 0. The van der Waals surface area contributed by atoms with Crippen LogP contribution in [0.25, 0.3) is 0 Å². The first-order chi connectivity index (χ1) is 8.10. The molecule has 0 aliphatic carbocycles. The van der Waals surface area contributed by atoms with Crippen molar-refractivity contribution in [3.8, 4) is 11.8 Å². The average molecular weight is 252 g/mol. The van der Waals surface area contributed by atoms with Crippen LogP contribution in [0.1, 0.15) is 22.2 Å². The molecule has 0 spiro atoms. The number of hydrogen-bond acceptors (Lipinski definition) is 4. The van der Waals surface area contributed by atoms with Crippen molar-refractivity contribution in [2.45, 2.75) is 13.0 Å². The van der Waals surface area contributed by atoms with E-state index >= 15 is 0 Å². The van der Waals surface area contributed by atoms with E-state index in [0.29, 0.717) is 12.1 Å². The summed E-state index contributed by atoms with van der Waals surface area (Å²) >= 11 is 1.42. The average Bonchev–Trinajstić information content (AvgIpc) is 2.82. The Morgan fingerprint density at radius 2 is 2.41 bits per heavy atom. The highest BCUT2D eigenvalue weighted by molar-refractivity contribution is 7.10. The molecule has 0 bridgehead atoms. The summed E-state index contributed by atoms with van der Waals surface area (Å²) in [5, 5.41) is 10.8. The van der Waals surface area contributed by atoms with Crippen molar-refractivity contribution in [2.24, 2.45) is 5.73 Å². The highest BCUT2D eigenvalue weighted by Gasteiger charge is 2.17. The highest BCUT2D eigenvalue weighted by atomic mass is 32.1. The van der Waals surface area contributed by atoms with Crippen molar-refractivity contribution < 1.29 is 9.90 Å². The molecule has 4 nitrogen and oxygen atoms in total. The number of likely N-dealkylation sites (N-methyl/N-ethyl adjacent to an activating group) is 1. The molecular weight excluding hydrogens is 236 g/mol. The van der Waals surface area contributed by atoms with E-state index in [2.05, 4.69) is 11.8 Å². The summed E-state index contributed by atoms with van der Waals surface area (Å²) in [5.74, 6) is 5.52. The van der Waals surface area contributed by atoms with Crippen LogP contribution in [-0.4, -0.2) is 42.2 Å². The molecule has 0 radical (unpaired) electrons. The third-order valence-electron chi connectivity index (χ3n) is 2.41. The summed E-state index contributed by atoms with van der Waals surface area (Å²) in [4.78, 5) is 14.3. The van der Waals surface area contributed by atoms with Crippen molar-refractivity contribution in [3.05, 3.63) is 21.9 Å². The summed E-state index contributed by atoms with van der Waals surface area (Å²) in [7, 11) is 1.67. The lowest BCUT2D eigenvalue weighted by atomic mass is 10.2.